The minimum Gasteiger partial charge on any atom is -0.265 e. The Hall–Kier alpha value is -2.92. The molecule has 0 spiro atoms. The van der Waals surface area contributed by atoms with Crippen LogP contribution in [0.4, 0.5) is 0 Å². The van der Waals surface area contributed by atoms with Crippen molar-refractivity contribution in [2.24, 2.45) is 0 Å². The first-order valence-electron chi connectivity index (χ1n) is 7.44. The topological polar surface area (TPSA) is 52.7 Å². The van der Waals surface area contributed by atoms with Gasteiger partial charge in [-0.3, -0.25) is 4.79 Å². The standard InChI is InChI=1S/C18H13ClN4O/c1-12-16-11-20-22(15-9-7-13(19)8-10-15)17(16)18(24)23(21-12)14-5-3-2-4-6-14/h2-11H,1H3. The van der Waals surface area contributed by atoms with Gasteiger partial charge >= 0.3 is 0 Å². The Morgan fingerprint density at radius 1 is 0.917 bits per heavy atom. The molecular formula is C18H13ClN4O. The van der Waals surface area contributed by atoms with Gasteiger partial charge in [-0.1, -0.05) is 29.8 Å². The van der Waals surface area contributed by atoms with Crippen LogP contribution >= 0.6 is 11.6 Å². The molecule has 5 nitrogen and oxygen atoms in total. The number of nitrogens with zero attached hydrogens (tertiary/aromatic N) is 4. The van der Waals surface area contributed by atoms with E-state index in [0.29, 0.717) is 10.5 Å². The van der Waals surface area contributed by atoms with E-state index in [1.807, 2.05) is 49.4 Å². The molecule has 0 amide bonds. The molecule has 0 atom stereocenters. The third kappa shape index (κ3) is 2.30. The zero-order chi connectivity index (χ0) is 16.7. The normalized spacial score (nSPS) is 11.1. The Balaban J connectivity index is 2.03. The Kier molecular flexibility index (Phi) is 3.43. The first-order chi connectivity index (χ1) is 11.6. The van der Waals surface area contributed by atoms with Gasteiger partial charge in [-0.15, -0.1) is 0 Å². The molecule has 0 radical (unpaired) electrons. The summed E-state index contributed by atoms with van der Waals surface area (Å²) in [6.45, 7) is 1.87. The maximum atomic E-state index is 13.0. The SMILES string of the molecule is Cc1nn(-c2ccccc2)c(=O)c2c1cnn2-c1ccc(Cl)cc1. The zero-order valence-electron chi connectivity index (χ0n) is 12.8. The molecular weight excluding hydrogens is 324 g/mol. The van der Waals surface area contributed by atoms with E-state index >= 15 is 0 Å². The van der Waals surface area contributed by atoms with Gasteiger partial charge in [0, 0.05) is 10.4 Å². The highest BCUT2D eigenvalue weighted by Crippen LogP contribution is 2.19. The molecule has 4 rings (SSSR count). The minimum atomic E-state index is -0.214. The molecule has 2 aromatic carbocycles. The molecule has 0 bridgehead atoms. The number of fused-ring (bicyclic) bond motifs is 1. The lowest BCUT2D eigenvalue weighted by atomic mass is 10.2. The van der Waals surface area contributed by atoms with Gasteiger partial charge in [0.15, 0.2) is 0 Å². The van der Waals surface area contributed by atoms with Gasteiger partial charge in [0.1, 0.15) is 5.52 Å². The van der Waals surface area contributed by atoms with Crippen LogP contribution in [0.25, 0.3) is 22.3 Å². The van der Waals surface area contributed by atoms with E-state index in [-0.39, 0.29) is 5.56 Å². The number of hydrogen-bond acceptors (Lipinski definition) is 3. The average Bonchev–Trinajstić information content (AvgIpc) is 3.05. The molecule has 118 valence electrons. The van der Waals surface area contributed by atoms with Crippen LogP contribution in [0.3, 0.4) is 0 Å². The molecule has 2 aromatic heterocycles. The molecule has 0 saturated carbocycles. The Morgan fingerprint density at radius 2 is 1.58 bits per heavy atom. The summed E-state index contributed by atoms with van der Waals surface area (Å²) < 4.78 is 3.04. The second-order valence-corrected chi connectivity index (χ2v) is 5.87. The summed E-state index contributed by atoms with van der Waals surface area (Å²) in [6.07, 6.45) is 1.67. The van der Waals surface area contributed by atoms with Gasteiger partial charge in [-0.2, -0.15) is 14.9 Å². The highest BCUT2D eigenvalue weighted by Gasteiger charge is 2.15. The summed E-state index contributed by atoms with van der Waals surface area (Å²) in [5, 5.41) is 10.2. The van der Waals surface area contributed by atoms with Crippen molar-refractivity contribution in [2.75, 3.05) is 0 Å². The number of para-hydroxylation sites is 1. The average molecular weight is 337 g/mol. The summed E-state index contributed by atoms with van der Waals surface area (Å²) in [5.74, 6) is 0. The van der Waals surface area contributed by atoms with Crippen molar-refractivity contribution in [2.45, 2.75) is 6.92 Å². The fourth-order valence-electron chi connectivity index (χ4n) is 2.69. The van der Waals surface area contributed by atoms with Gasteiger partial charge in [-0.05, 0) is 43.3 Å². The van der Waals surface area contributed by atoms with Crippen molar-refractivity contribution >= 4 is 22.5 Å². The quantitative estimate of drug-likeness (QED) is 0.562. The molecule has 0 aliphatic heterocycles. The Labute approximate surface area is 142 Å². The van der Waals surface area contributed by atoms with E-state index in [9.17, 15) is 4.79 Å². The summed E-state index contributed by atoms with van der Waals surface area (Å²) in [5.41, 5.74) is 2.52. The van der Waals surface area contributed by atoms with E-state index in [1.165, 1.54) is 4.68 Å². The van der Waals surface area contributed by atoms with Crippen molar-refractivity contribution in [1.82, 2.24) is 19.6 Å². The van der Waals surface area contributed by atoms with Crippen LogP contribution in [-0.4, -0.2) is 19.6 Å². The highest BCUT2D eigenvalue weighted by molar-refractivity contribution is 6.30. The van der Waals surface area contributed by atoms with E-state index in [2.05, 4.69) is 10.2 Å². The molecule has 4 aromatic rings. The number of hydrogen-bond donors (Lipinski definition) is 0. The monoisotopic (exact) mass is 336 g/mol. The molecule has 0 aliphatic rings. The van der Waals surface area contributed by atoms with E-state index < -0.39 is 0 Å². The molecule has 0 N–H and O–H groups in total. The van der Waals surface area contributed by atoms with Crippen LogP contribution in [-0.2, 0) is 0 Å². The summed E-state index contributed by atoms with van der Waals surface area (Å²) in [7, 11) is 0. The van der Waals surface area contributed by atoms with Crippen molar-refractivity contribution in [3.05, 3.63) is 81.9 Å². The summed E-state index contributed by atoms with van der Waals surface area (Å²) >= 11 is 5.95. The maximum absolute atomic E-state index is 13.0. The van der Waals surface area contributed by atoms with Crippen LogP contribution < -0.4 is 5.56 Å². The Bertz CT molecular complexity index is 1080. The number of halogens is 1. The number of rotatable bonds is 2. The van der Waals surface area contributed by atoms with Crippen LogP contribution in [0.2, 0.25) is 5.02 Å². The van der Waals surface area contributed by atoms with Gasteiger partial charge in [0.25, 0.3) is 5.56 Å². The van der Waals surface area contributed by atoms with E-state index in [4.69, 9.17) is 11.6 Å². The van der Waals surface area contributed by atoms with Crippen LogP contribution in [0.5, 0.6) is 0 Å². The van der Waals surface area contributed by atoms with Gasteiger partial charge in [0.05, 0.1) is 23.3 Å². The maximum Gasteiger partial charge on any atom is 0.298 e. The number of aromatic nitrogens is 4. The van der Waals surface area contributed by atoms with Crippen molar-refractivity contribution in [3.8, 4) is 11.4 Å². The molecule has 2 heterocycles. The van der Waals surface area contributed by atoms with Gasteiger partial charge < -0.3 is 0 Å². The minimum absolute atomic E-state index is 0.214. The molecule has 6 heteroatoms. The lowest BCUT2D eigenvalue weighted by Crippen LogP contribution is -2.24. The van der Waals surface area contributed by atoms with Crippen LogP contribution in [0.1, 0.15) is 5.69 Å². The first-order valence-corrected chi connectivity index (χ1v) is 7.82. The molecule has 0 aliphatic carbocycles. The van der Waals surface area contributed by atoms with E-state index in [0.717, 1.165) is 22.5 Å². The Morgan fingerprint density at radius 3 is 2.29 bits per heavy atom. The van der Waals surface area contributed by atoms with Gasteiger partial charge in [0.2, 0.25) is 0 Å². The third-order valence-corrected chi connectivity index (χ3v) is 4.13. The lowest BCUT2D eigenvalue weighted by Gasteiger charge is -2.08. The zero-order valence-corrected chi connectivity index (χ0v) is 13.6. The number of benzene rings is 2. The number of aryl methyl sites for hydroxylation is 1. The highest BCUT2D eigenvalue weighted by atomic mass is 35.5. The predicted octanol–water partition coefficient (Wildman–Crippen LogP) is 3.53. The van der Waals surface area contributed by atoms with Crippen molar-refractivity contribution in [1.29, 1.82) is 0 Å². The van der Waals surface area contributed by atoms with Crippen molar-refractivity contribution < 1.29 is 0 Å². The molecule has 0 fully saturated rings. The summed E-state index contributed by atoms with van der Waals surface area (Å²) in [6, 6.07) is 16.6. The largest absolute Gasteiger partial charge is 0.298 e. The smallest absolute Gasteiger partial charge is 0.265 e. The van der Waals surface area contributed by atoms with Crippen LogP contribution in [0, 0.1) is 6.92 Å². The van der Waals surface area contributed by atoms with Crippen LogP contribution in [0.15, 0.2) is 65.6 Å². The first kappa shape index (κ1) is 14.7. The fraction of sp³-hybridized carbons (Fsp3) is 0.0556. The lowest BCUT2D eigenvalue weighted by molar-refractivity contribution is 0.791. The third-order valence-electron chi connectivity index (χ3n) is 3.88. The summed E-state index contributed by atoms with van der Waals surface area (Å²) in [4.78, 5) is 13.0. The second-order valence-electron chi connectivity index (χ2n) is 5.43. The fourth-order valence-corrected chi connectivity index (χ4v) is 2.82. The predicted molar refractivity (Wildman–Crippen MR) is 94.2 cm³/mol. The van der Waals surface area contributed by atoms with E-state index in [1.54, 1.807) is 23.0 Å². The van der Waals surface area contributed by atoms with Gasteiger partial charge in [-0.25, -0.2) is 4.68 Å². The van der Waals surface area contributed by atoms with Crippen molar-refractivity contribution in [3.63, 3.8) is 0 Å². The molecule has 0 saturated heterocycles. The molecule has 24 heavy (non-hydrogen) atoms. The second kappa shape index (κ2) is 5.62. The molecule has 0 unspecified atom stereocenters.